The highest BCUT2D eigenvalue weighted by atomic mass is 16.7. The van der Waals surface area contributed by atoms with E-state index in [1.54, 1.807) is 0 Å². The fourth-order valence-electron chi connectivity index (χ4n) is 2.55. The maximum atomic E-state index is 5.99. The molecule has 0 amide bonds. The SMILES string of the molecule is c1ccc(COC2CCO[C@H](OCc3ccccc3)C2)cc1. The van der Waals surface area contributed by atoms with E-state index in [2.05, 4.69) is 24.3 Å². The third-order valence-corrected chi connectivity index (χ3v) is 3.81. The molecule has 2 aromatic carbocycles. The van der Waals surface area contributed by atoms with Crippen LogP contribution < -0.4 is 0 Å². The Morgan fingerprint density at radius 3 is 2.05 bits per heavy atom. The van der Waals surface area contributed by atoms with Gasteiger partial charge in [0.1, 0.15) is 0 Å². The van der Waals surface area contributed by atoms with Crippen LogP contribution in [0.2, 0.25) is 0 Å². The maximum absolute atomic E-state index is 5.99. The monoisotopic (exact) mass is 298 g/mol. The van der Waals surface area contributed by atoms with Crippen LogP contribution in [0.25, 0.3) is 0 Å². The minimum absolute atomic E-state index is 0.172. The molecule has 22 heavy (non-hydrogen) atoms. The van der Waals surface area contributed by atoms with Gasteiger partial charge in [-0.05, 0) is 17.5 Å². The van der Waals surface area contributed by atoms with Crippen molar-refractivity contribution in [2.45, 2.75) is 38.4 Å². The normalized spacial score (nSPS) is 21.6. The van der Waals surface area contributed by atoms with Crippen molar-refractivity contribution in [1.29, 1.82) is 0 Å². The Morgan fingerprint density at radius 2 is 1.41 bits per heavy atom. The summed E-state index contributed by atoms with van der Waals surface area (Å²) >= 11 is 0. The van der Waals surface area contributed by atoms with Crippen molar-refractivity contribution >= 4 is 0 Å². The molecule has 0 N–H and O–H groups in total. The van der Waals surface area contributed by atoms with E-state index in [-0.39, 0.29) is 12.4 Å². The van der Waals surface area contributed by atoms with Crippen molar-refractivity contribution in [3.8, 4) is 0 Å². The lowest BCUT2D eigenvalue weighted by Crippen LogP contribution is -2.32. The summed E-state index contributed by atoms with van der Waals surface area (Å²) in [6.45, 7) is 1.92. The number of rotatable bonds is 6. The third-order valence-electron chi connectivity index (χ3n) is 3.81. The quantitative estimate of drug-likeness (QED) is 0.809. The molecule has 0 bridgehead atoms. The van der Waals surface area contributed by atoms with Crippen molar-refractivity contribution < 1.29 is 14.2 Å². The predicted octanol–water partition coefficient (Wildman–Crippen LogP) is 3.93. The van der Waals surface area contributed by atoms with Crippen molar-refractivity contribution in [1.82, 2.24) is 0 Å². The summed E-state index contributed by atoms with van der Waals surface area (Å²) in [6, 6.07) is 20.4. The van der Waals surface area contributed by atoms with Gasteiger partial charge in [-0.1, -0.05) is 60.7 Å². The molecule has 0 saturated carbocycles. The van der Waals surface area contributed by atoms with E-state index < -0.39 is 0 Å². The molecule has 0 spiro atoms. The molecule has 1 saturated heterocycles. The molecule has 116 valence electrons. The summed E-state index contributed by atoms with van der Waals surface area (Å²) in [6.07, 6.45) is 1.75. The van der Waals surface area contributed by atoms with Crippen molar-refractivity contribution in [2.24, 2.45) is 0 Å². The van der Waals surface area contributed by atoms with Crippen LogP contribution in [-0.2, 0) is 27.4 Å². The van der Waals surface area contributed by atoms with Crippen LogP contribution >= 0.6 is 0 Å². The van der Waals surface area contributed by atoms with E-state index >= 15 is 0 Å². The highest BCUT2D eigenvalue weighted by molar-refractivity contribution is 5.14. The zero-order valence-electron chi connectivity index (χ0n) is 12.7. The molecule has 3 nitrogen and oxygen atoms in total. The van der Waals surface area contributed by atoms with E-state index in [9.17, 15) is 0 Å². The number of ether oxygens (including phenoxy) is 3. The molecular weight excluding hydrogens is 276 g/mol. The first-order valence-corrected chi connectivity index (χ1v) is 7.83. The first-order chi connectivity index (χ1) is 10.9. The Balaban J connectivity index is 1.43. The zero-order valence-corrected chi connectivity index (χ0v) is 12.7. The largest absolute Gasteiger partial charge is 0.373 e. The highest BCUT2D eigenvalue weighted by Crippen LogP contribution is 2.20. The van der Waals surface area contributed by atoms with Gasteiger partial charge >= 0.3 is 0 Å². The minimum atomic E-state index is -0.172. The molecule has 2 atom stereocenters. The molecule has 3 heteroatoms. The summed E-state index contributed by atoms with van der Waals surface area (Å²) in [7, 11) is 0. The van der Waals surface area contributed by atoms with Crippen LogP contribution in [-0.4, -0.2) is 19.0 Å². The highest BCUT2D eigenvalue weighted by Gasteiger charge is 2.23. The smallest absolute Gasteiger partial charge is 0.160 e. The van der Waals surface area contributed by atoms with E-state index in [0.29, 0.717) is 19.8 Å². The molecule has 0 aromatic heterocycles. The number of hydrogen-bond acceptors (Lipinski definition) is 3. The summed E-state index contributed by atoms with van der Waals surface area (Å²) in [5.41, 5.74) is 2.37. The Kier molecular flexibility index (Phi) is 5.59. The van der Waals surface area contributed by atoms with Gasteiger partial charge in [0.2, 0.25) is 0 Å². The van der Waals surface area contributed by atoms with Crippen LogP contribution in [0.3, 0.4) is 0 Å². The van der Waals surface area contributed by atoms with Crippen LogP contribution in [0.5, 0.6) is 0 Å². The second kappa shape index (κ2) is 8.08. The summed E-state index contributed by atoms with van der Waals surface area (Å²) in [5, 5.41) is 0. The van der Waals surface area contributed by atoms with Gasteiger partial charge in [-0.15, -0.1) is 0 Å². The summed E-state index contributed by atoms with van der Waals surface area (Å²) in [5.74, 6) is 0. The average molecular weight is 298 g/mol. The Hall–Kier alpha value is -1.68. The standard InChI is InChI=1S/C19H22O3/c1-3-7-16(8-4-1)14-21-18-11-12-20-19(13-18)22-15-17-9-5-2-6-10-17/h1-10,18-19H,11-15H2/t18?,19-/m1/s1. The number of benzene rings is 2. The van der Waals surface area contributed by atoms with Crippen LogP contribution in [0.1, 0.15) is 24.0 Å². The van der Waals surface area contributed by atoms with Gasteiger partial charge < -0.3 is 14.2 Å². The van der Waals surface area contributed by atoms with Gasteiger partial charge in [-0.2, -0.15) is 0 Å². The van der Waals surface area contributed by atoms with Crippen molar-refractivity contribution in [3.05, 3.63) is 71.8 Å². The molecular formula is C19H22O3. The second-order valence-corrected chi connectivity index (χ2v) is 5.54. The van der Waals surface area contributed by atoms with E-state index in [0.717, 1.165) is 12.8 Å². The van der Waals surface area contributed by atoms with Crippen molar-refractivity contribution in [2.75, 3.05) is 6.61 Å². The molecule has 1 heterocycles. The molecule has 1 fully saturated rings. The van der Waals surface area contributed by atoms with Crippen molar-refractivity contribution in [3.63, 3.8) is 0 Å². The molecule has 1 aliphatic rings. The number of hydrogen-bond donors (Lipinski definition) is 0. The lowest BCUT2D eigenvalue weighted by Gasteiger charge is -2.29. The molecule has 1 aliphatic heterocycles. The molecule has 0 aliphatic carbocycles. The summed E-state index contributed by atoms with van der Waals surface area (Å²) < 4.78 is 17.5. The van der Waals surface area contributed by atoms with Crippen LogP contribution in [0.15, 0.2) is 60.7 Å². The lowest BCUT2D eigenvalue weighted by atomic mass is 10.1. The first kappa shape index (κ1) is 15.2. The van der Waals surface area contributed by atoms with Gasteiger partial charge in [0.25, 0.3) is 0 Å². The van der Waals surface area contributed by atoms with Gasteiger partial charge in [-0.25, -0.2) is 0 Å². The molecule has 0 radical (unpaired) electrons. The topological polar surface area (TPSA) is 27.7 Å². The molecule has 1 unspecified atom stereocenters. The van der Waals surface area contributed by atoms with Gasteiger partial charge in [-0.3, -0.25) is 0 Å². The average Bonchev–Trinajstić information content (AvgIpc) is 2.60. The second-order valence-electron chi connectivity index (χ2n) is 5.54. The van der Waals surface area contributed by atoms with Gasteiger partial charge in [0.15, 0.2) is 6.29 Å². The van der Waals surface area contributed by atoms with Crippen LogP contribution in [0, 0.1) is 0 Å². The third kappa shape index (κ3) is 4.67. The minimum Gasteiger partial charge on any atom is -0.373 e. The fraction of sp³-hybridized carbons (Fsp3) is 0.368. The zero-order chi connectivity index (χ0) is 15.0. The molecule has 3 rings (SSSR count). The van der Waals surface area contributed by atoms with E-state index in [4.69, 9.17) is 14.2 Å². The predicted molar refractivity (Wildman–Crippen MR) is 85.2 cm³/mol. The Labute approximate surface area is 131 Å². The lowest BCUT2D eigenvalue weighted by molar-refractivity contribution is -0.199. The Morgan fingerprint density at radius 1 is 0.818 bits per heavy atom. The Bertz CT molecular complexity index is 492. The molecule has 2 aromatic rings. The first-order valence-electron chi connectivity index (χ1n) is 7.83. The van der Waals surface area contributed by atoms with Crippen LogP contribution in [0.4, 0.5) is 0 Å². The van der Waals surface area contributed by atoms with Gasteiger partial charge in [0.05, 0.1) is 25.9 Å². The van der Waals surface area contributed by atoms with E-state index in [1.807, 2.05) is 36.4 Å². The van der Waals surface area contributed by atoms with Gasteiger partial charge in [0, 0.05) is 6.42 Å². The summed E-state index contributed by atoms with van der Waals surface area (Å²) in [4.78, 5) is 0. The van der Waals surface area contributed by atoms with E-state index in [1.165, 1.54) is 11.1 Å². The maximum Gasteiger partial charge on any atom is 0.160 e. The fourth-order valence-corrected chi connectivity index (χ4v) is 2.55.